The predicted molar refractivity (Wildman–Crippen MR) is 119 cm³/mol. The molecule has 4 aromatic rings. The first kappa shape index (κ1) is 21.6. The molecule has 0 aliphatic rings. The highest BCUT2D eigenvalue weighted by molar-refractivity contribution is 6.07. The van der Waals surface area contributed by atoms with Crippen LogP contribution in [-0.2, 0) is 4.79 Å². The van der Waals surface area contributed by atoms with Gasteiger partial charge < -0.3 is 14.6 Å². The molecular formula is C25H17FN3O4-. The van der Waals surface area contributed by atoms with Crippen LogP contribution in [0.4, 0.5) is 4.39 Å². The van der Waals surface area contributed by atoms with E-state index in [1.807, 2.05) is 6.07 Å². The predicted octanol–water partition coefficient (Wildman–Crippen LogP) is 2.93. The number of carbonyl (C=O) groups excluding carboxylic acids is 2. The molecule has 0 saturated heterocycles. The first-order valence-electron chi connectivity index (χ1n) is 9.92. The molecule has 1 aromatic heterocycles. The SMILES string of the molecule is O=C([O-])COc1ccccc1/C=N\NC(=O)c1cc(-c2ccc(F)cc2)nc2ccccc12. The maximum atomic E-state index is 13.3. The summed E-state index contributed by atoms with van der Waals surface area (Å²) in [7, 11) is 0. The van der Waals surface area contributed by atoms with Crippen LogP contribution in [0.3, 0.4) is 0 Å². The molecule has 7 nitrogen and oxygen atoms in total. The van der Waals surface area contributed by atoms with Crippen molar-refractivity contribution in [3.05, 3.63) is 95.8 Å². The van der Waals surface area contributed by atoms with Gasteiger partial charge in [-0.3, -0.25) is 4.79 Å². The number of carboxylic acids is 1. The lowest BCUT2D eigenvalue weighted by molar-refractivity contribution is -0.307. The molecule has 0 radical (unpaired) electrons. The van der Waals surface area contributed by atoms with Gasteiger partial charge in [-0.15, -0.1) is 0 Å². The molecule has 0 aliphatic carbocycles. The van der Waals surface area contributed by atoms with Gasteiger partial charge >= 0.3 is 0 Å². The van der Waals surface area contributed by atoms with Crippen LogP contribution in [0.2, 0.25) is 0 Å². The highest BCUT2D eigenvalue weighted by Gasteiger charge is 2.14. The van der Waals surface area contributed by atoms with Crippen molar-refractivity contribution in [1.82, 2.24) is 10.4 Å². The molecule has 0 unspecified atom stereocenters. The van der Waals surface area contributed by atoms with Gasteiger partial charge in [0.2, 0.25) is 0 Å². The first-order chi connectivity index (χ1) is 16.0. The lowest BCUT2D eigenvalue weighted by Crippen LogP contribution is -2.29. The molecule has 33 heavy (non-hydrogen) atoms. The van der Waals surface area contributed by atoms with Crippen molar-refractivity contribution in [3.63, 3.8) is 0 Å². The fraction of sp³-hybridized carbons (Fsp3) is 0.0400. The summed E-state index contributed by atoms with van der Waals surface area (Å²) in [6, 6.07) is 21.3. The topological polar surface area (TPSA) is 104 Å². The second-order valence-corrected chi connectivity index (χ2v) is 6.98. The number of fused-ring (bicyclic) bond motifs is 1. The summed E-state index contributed by atoms with van der Waals surface area (Å²) in [5, 5.41) is 15.3. The number of pyridine rings is 1. The van der Waals surface area contributed by atoms with Crippen LogP contribution in [0.5, 0.6) is 5.75 Å². The molecule has 164 valence electrons. The van der Waals surface area contributed by atoms with Crippen molar-refractivity contribution >= 4 is 29.0 Å². The third-order valence-electron chi connectivity index (χ3n) is 4.74. The van der Waals surface area contributed by atoms with Gasteiger partial charge in [-0.05, 0) is 48.5 Å². The van der Waals surface area contributed by atoms with Crippen LogP contribution >= 0.6 is 0 Å². The molecule has 0 fully saturated rings. The van der Waals surface area contributed by atoms with Crippen LogP contribution in [0.25, 0.3) is 22.2 Å². The maximum absolute atomic E-state index is 13.3. The van der Waals surface area contributed by atoms with Crippen molar-refractivity contribution in [2.24, 2.45) is 5.10 Å². The Kier molecular flexibility index (Phi) is 6.36. The van der Waals surface area contributed by atoms with E-state index >= 15 is 0 Å². The van der Waals surface area contributed by atoms with Gasteiger partial charge in [0.1, 0.15) is 18.2 Å². The van der Waals surface area contributed by atoms with E-state index in [4.69, 9.17) is 4.74 Å². The number of aliphatic carboxylic acids is 1. The van der Waals surface area contributed by atoms with Crippen LogP contribution in [-0.4, -0.2) is 29.7 Å². The minimum Gasteiger partial charge on any atom is -0.546 e. The normalized spacial score (nSPS) is 10.9. The van der Waals surface area contributed by atoms with E-state index in [1.54, 1.807) is 60.7 Å². The molecule has 8 heteroatoms. The number of rotatable bonds is 7. The highest BCUT2D eigenvalue weighted by Crippen LogP contribution is 2.25. The van der Waals surface area contributed by atoms with Gasteiger partial charge in [0.15, 0.2) is 0 Å². The Balaban J connectivity index is 1.61. The number of ether oxygens (including phenoxy) is 1. The lowest BCUT2D eigenvalue weighted by atomic mass is 10.0. The van der Waals surface area contributed by atoms with Crippen LogP contribution in [0.1, 0.15) is 15.9 Å². The summed E-state index contributed by atoms with van der Waals surface area (Å²) in [4.78, 5) is 28.2. The van der Waals surface area contributed by atoms with E-state index in [2.05, 4.69) is 15.5 Å². The zero-order chi connectivity index (χ0) is 23.2. The zero-order valence-corrected chi connectivity index (χ0v) is 17.2. The van der Waals surface area contributed by atoms with Gasteiger partial charge in [-0.1, -0.05) is 30.3 Å². The van der Waals surface area contributed by atoms with E-state index in [0.29, 0.717) is 33.3 Å². The average Bonchev–Trinajstić information content (AvgIpc) is 2.83. The van der Waals surface area contributed by atoms with Crippen LogP contribution in [0.15, 0.2) is 84.0 Å². The molecule has 3 aromatic carbocycles. The van der Waals surface area contributed by atoms with Gasteiger partial charge in [0.05, 0.1) is 29.0 Å². The summed E-state index contributed by atoms with van der Waals surface area (Å²) in [5.41, 5.74) is 5.09. The molecule has 0 atom stereocenters. The molecule has 0 saturated carbocycles. The Hall–Kier alpha value is -4.59. The van der Waals surface area contributed by atoms with E-state index in [9.17, 15) is 19.1 Å². The number of amides is 1. The number of benzene rings is 3. The standard InChI is InChI=1S/C25H18FN3O4/c26-18-11-9-16(10-12-18)22-13-20(19-6-2-3-7-21(19)28-22)25(32)29-27-14-17-5-1-4-8-23(17)33-15-24(30)31/h1-14H,15H2,(H,29,32)(H,30,31)/p-1/b27-14-. The maximum Gasteiger partial charge on any atom is 0.272 e. The molecule has 0 aliphatic heterocycles. The van der Waals surface area contributed by atoms with Crippen LogP contribution in [0, 0.1) is 5.82 Å². The summed E-state index contributed by atoms with van der Waals surface area (Å²) in [5.74, 6) is -1.90. The fourth-order valence-corrected chi connectivity index (χ4v) is 3.21. The number of carbonyl (C=O) groups is 2. The molecular weight excluding hydrogens is 425 g/mol. The van der Waals surface area contributed by atoms with E-state index < -0.39 is 18.5 Å². The molecule has 4 rings (SSSR count). The molecule has 1 amide bonds. The second kappa shape index (κ2) is 9.69. The van der Waals surface area contributed by atoms with Gasteiger partial charge in [0, 0.05) is 16.5 Å². The van der Waals surface area contributed by atoms with Crippen molar-refractivity contribution in [1.29, 1.82) is 0 Å². The van der Waals surface area contributed by atoms with Crippen molar-refractivity contribution in [3.8, 4) is 17.0 Å². The lowest BCUT2D eigenvalue weighted by Gasteiger charge is -2.10. The number of halogens is 1. The highest BCUT2D eigenvalue weighted by atomic mass is 19.1. The number of hydrazone groups is 1. The number of hydrogen-bond acceptors (Lipinski definition) is 6. The quantitative estimate of drug-likeness (QED) is 0.350. The van der Waals surface area contributed by atoms with Gasteiger partial charge in [0.25, 0.3) is 5.91 Å². The second-order valence-electron chi connectivity index (χ2n) is 6.98. The van der Waals surface area contributed by atoms with E-state index in [0.717, 1.165) is 0 Å². The third kappa shape index (κ3) is 5.19. The summed E-state index contributed by atoms with van der Waals surface area (Å²) >= 11 is 0. The van der Waals surface area contributed by atoms with E-state index in [-0.39, 0.29) is 11.6 Å². The van der Waals surface area contributed by atoms with Crippen molar-refractivity contribution in [2.75, 3.05) is 6.61 Å². The monoisotopic (exact) mass is 442 g/mol. The fourth-order valence-electron chi connectivity index (χ4n) is 3.21. The number of nitrogens with zero attached hydrogens (tertiary/aromatic N) is 2. The number of hydrogen-bond donors (Lipinski definition) is 1. The Labute approximate surface area is 188 Å². The Morgan fingerprint density at radius 3 is 2.55 bits per heavy atom. The number of carboxylic acid groups (broad SMARTS) is 1. The number of para-hydroxylation sites is 2. The Bertz CT molecular complexity index is 1350. The van der Waals surface area contributed by atoms with Crippen molar-refractivity contribution in [2.45, 2.75) is 0 Å². The molecule has 0 spiro atoms. The van der Waals surface area contributed by atoms with Gasteiger partial charge in [-0.2, -0.15) is 5.10 Å². The van der Waals surface area contributed by atoms with E-state index in [1.165, 1.54) is 18.3 Å². The van der Waals surface area contributed by atoms with Gasteiger partial charge in [-0.25, -0.2) is 14.8 Å². The first-order valence-corrected chi connectivity index (χ1v) is 9.92. The molecule has 1 N–H and O–H groups in total. The minimum atomic E-state index is -1.35. The largest absolute Gasteiger partial charge is 0.546 e. The number of nitrogens with one attached hydrogen (secondary N) is 1. The average molecular weight is 442 g/mol. The Morgan fingerprint density at radius 1 is 1.03 bits per heavy atom. The molecule has 1 heterocycles. The summed E-state index contributed by atoms with van der Waals surface area (Å²) < 4.78 is 18.5. The van der Waals surface area contributed by atoms with Crippen LogP contribution < -0.4 is 15.3 Å². The van der Waals surface area contributed by atoms with Crippen molar-refractivity contribution < 1.29 is 23.8 Å². The Morgan fingerprint density at radius 2 is 1.76 bits per heavy atom. The summed E-state index contributed by atoms with van der Waals surface area (Å²) in [6.45, 7) is -0.605. The smallest absolute Gasteiger partial charge is 0.272 e. The third-order valence-corrected chi connectivity index (χ3v) is 4.74. The summed E-state index contributed by atoms with van der Waals surface area (Å²) in [6.07, 6.45) is 1.35. The minimum absolute atomic E-state index is 0.285. The number of aromatic nitrogens is 1. The molecule has 0 bridgehead atoms. The zero-order valence-electron chi connectivity index (χ0n) is 17.2.